The van der Waals surface area contributed by atoms with Gasteiger partial charge in [-0.15, -0.1) is 0 Å². The summed E-state index contributed by atoms with van der Waals surface area (Å²) in [5, 5.41) is 0.447. The highest BCUT2D eigenvalue weighted by molar-refractivity contribution is 6.10. The van der Waals surface area contributed by atoms with Crippen molar-refractivity contribution in [1.82, 2.24) is 4.98 Å². The highest BCUT2D eigenvalue weighted by Crippen LogP contribution is 2.41. The molecule has 1 unspecified atom stereocenters. The van der Waals surface area contributed by atoms with Crippen LogP contribution in [0.15, 0.2) is 100 Å². The first kappa shape index (κ1) is 21.8. The molecule has 0 bridgehead atoms. The summed E-state index contributed by atoms with van der Waals surface area (Å²) in [6.07, 6.45) is 0. The van der Waals surface area contributed by atoms with Crippen LogP contribution in [0.3, 0.4) is 0 Å². The zero-order valence-electron chi connectivity index (χ0n) is 19.8. The maximum Gasteiger partial charge on any atom is 0.296 e. The molecule has 1 aliphatic rings. The third-order valence-electron chi connectivity index (χ3n) is 6.30. The Morgan fingerprint density at radius 3 is 2.42 bits per heavy atom. The van der Waals surface area contributed by atoms with Gasteiger partial charge in [-0.25, -0.2) is 4.98 Å². The van der Waals surface area contributed by atoms with Gasteiger partial charge in [0.2, 0.25) is 5.76 Å². The average Bonchev–Trinajstić information content (AvgIpc) is 3.18. The fraction of sp³-hybridized carbons (Fsp3) is 0.100. The zero-order chi connectivity index (χ0) is 24.8. The smallest absolute Gasteiger partial charge is 0.296 e. The van der Waals surface area contributed by atoms with Crippen LogP contribution < -0.4 is 15.1 Å². The number of hydrogen-bond acceptors (Lipinski definition) is 5. The van der Waals surface area contributed by atoms with Gasteiger partial charge in [-0.2, -0.15) is 0 Å². The number of anilines is 1. The number of ether oxygens (including phenoxy) is 1. The van der Waals surface area contributed by atoms with E-state index in [1.54, 1.807) is 18.2 Å². The van der Waals surface area contributed by atoms with Crippen molar-refractivity contribution < 1.29 is 13.9 Å². The molecule has 6 nitrogen and oxygen atoms in total. The molecular formula is C30H22N2O4. The minimum absolute atomic E-state index is 0.0408. The molecule has 36 heavy (non-hydrogen) atoms. The van der Waals surface area contributed by atoms with Crippen molar-refractivity contribution in [1.29, 1.82) is 0 Å². The number of benzene rings is 3. The van der Waals surface area contributed by atoms with Crippen LogP contribution in [0.5, 0.6) is 11.5 Å². The minimum Gasteiger partial charge on any atom is -0.457 e. The van der Waals surface area contributed by atoms with Crippen LogP contribution in [0.25, 0.3) is 11.0 Å². The molecule has 5 aromatic rings. The summed E-state index contributed by atoms with van der Waals surface area (Å²) in [7, 11) is 0. The maximum atomic E-state index is 13.8. The molecule has 2 aromatic heterocycles. The number of hydrogen-bond donors (Lipinski definition) is 0. The van der Waals surface area contributed by atoms with Gasteiger partial charge in [0, 0.05) is 5.69 Å². The molecule has 0 saturated carbocycles. The molecule has 0 N–H and O–H groups in total. The predicted molar refractivity (Wildman–Crippen MR) is 138 cm³/mol. The van der Waals surface area contributed by atoms with Crippen molar-refractivity contribution in [3.63, 3.8) is 0 Å². The lowest BCUT2D eigenvalue weighted by Gasteiger charge is -2.24. The van der Waals surface area contributed by atoms with Crippen molar-refractivity contribution in [2.75, 3.05) is 4.90 Å². The van der Waals surface area contributed by atoms with Crippen molar-refractivity contribution in [3.8, 4) is 11.5 Å². The molecule has 0 fully saturated rings. The predicted octanol–water partition coefficient (Wildman–Crippen LogP) is 6.35. The lowest BCUT2D eigenvalue weighted by atomic mass is 9.98. The Balaban J connectivity index is 1.56. The summed E-state index contributed by atoms with van der Waals surface area (Å²) in [5.41, 5.74) is 2.88. The second-order valence-electron chi connectivity index (χ2n) is 8.88. The Bertz CT molecular complexity index is 1690. The van der Waals surface area contributed by atoms with E-state index in [2.05, 4.69) is 4.98 Å². The van der Waals surface area contributed by atoms with E-state index in [1.807, 2.05) is 86.6 Å². The van der Waals surface area contributed by atoms with E-state index in [9.17, 15) is 9.59 Å². The molecule has 0 spiro atoms. The number of carbonyl (C=O) groups is 1. The van der Waals surface area contributed by atoms with Crippen LogP contribution in [0.1, 0.15) is 39.0 Å². The molecule has 0 radical (unpaired) electrons. The molecule has 1 amide bonds. The number of pyridine rings is 1. The van der Waals surface area contributed by atoms with Gasteiger partial charge >= 0.3 is 0 Å². The number of carbonyl (C=O) groups excluding carboxylic acids is 1. The monoisotopic (exact) mass is 474 g/mol. The van der Waals surface area contributed by atoms with Crippen molar-refractivity contribution in [2.24, 2.45) is 0 Å². The Morgan fingerprint density at radius 1 is 0.833 bits per heavy atom. The van der Waals surface area contributed by atoms with Crippen LogP contribution in [-0.2, 0) is 0 Å². The molecule has 1 atom stereocenters. The Morgan fingerprint density at radius 2 is 1.61 bits per heavy atom. The third-order valence-corrected chi connectivity index (χ3v) is 6.30. The lowest BCUT2D eigenvalue weighted by Crippen LogP contribution is -2.30. The molecule has 6 rings (SSSR count). The fourth-order valence-corrected chi connectivity index (χ4v) is 4.67. The number of fused-ring (bicyclic) bond motifs is 2. The number of para-hydroxylation sites is 1. The Kier molecular flexibility index (Phi) is 5.15. The van der Waals surface area contributed by atoms with Gasteiger partial charge in [0.25, 0.3) is 5.91 Å². The topological polar surface area (TPSA) is 72.6 Å². The summed E-state index contributed by atoms with van der Waals surface area (Å²) in [4.78, 5) is 33.7. The van der Waals surface area contributed by atoms with Gasteiger partial charge in [-0.05, 0) is 67.9 Å². The molecule has 0 aliphatic carbocycles. The number of nitrogens with zero attached hydrogens (tertiary/aromatic N) is 2. The van der Waals surface area contributed by atoms with Crippen molar-refractivity contribution >= 4 is 22.7 Å². The van der Waals surface area contributed by atoms with E-state index in [-0.39, 0.29) is 11.2 Å². The standard InChI is InChI=1S/C30H22N2O4/c1-18-14-15-24-23(16-18)28(33)26-27(20-9-7-12-22(17-20)35-21-10-4-3-5-11-21)32(30(34)29(26)36-24)25-13-6-8-19(2)31-25/h3-17,27H,1-2H3. The molecular weight excluding hydrogens is 452 g/mol. The summed E-state index contributed by atoms with van der Waals surface area (Å²) in [6, 6.07) is 27.0. The van der Waals surface area contributed by atoms with Crippen LogP contribution in [0.2, 0.25) is 0 Å². The van der Waals surface area contributed by atoms with E-state index in [1.165, 1.54) is 4.90 Å². The van der Waals surface area contributed by atoms with E-state index >= 15 is 0 Å². The highest BCUT2D eigenvalue weighted by atomic mass is 16.5. The SMILES string of the molecule is Cc1ccc2oc3c(c(=O)c2c1)C(c1cccc(Oc2ccccc2)c1)N(c1cccc(C)n1)C3=O. The van der Waals surface area contributed by atoms with E-state index in [0.29, 0.717) is 33.8 Å². The quantitative estimate of drug-likeness (QED) is 0.304. The van der Waals surface area contributed by atoms with Gasteiger partial charge < -0.3 is 9.15 Å². The van der Waals surface area contributed by atoms with Crippen molar-refractivity contribution in [2.45, 2.75) is 19.9 Å². The molecule has 0 saturated heterocycles. The Labute approximate surface area is 207 Å². The lowest BCUT2D eigenvalue weighted by molar-refractivity contribution is 0.0970. The normalized spacial score (nSPS) is 14.8. The van der Waals surface area contributed by atoms with E-state index in [0.717, 1.165) is 16.8 Å². The minimum atomic E-state index is -0.720. The number of rotatable bonds is 4. The first-order chi connectivity index (χ1) is 17.5. The van der Waals surface area contributed by atoms with Crippen LogP contribution >= 0.6 is 0 Å². The summed E-state index contributed by atoms with van der Waals surface area (Å²) >= 11 is 0. The van der Waals surface area contributed by atoms with Gasteiger partial charge in [0.05, 0.1) is 17.0 Å². The highest BCUT2D eigenvalue weighted by Gasteiger charge is 2.44. The first-order valence-electron chi connectivity index (χ1n) is 11.7. The van der Waals surface area contributed by atoms with E-state index in [4.69, 9.17) is 9.15 Å². The summed E-state index contributed by atoms with van der Waals surface area (Å²) < 4.78 is 12.1. The fourth-order valence-electron chi connectivity index (χ4n) is 4.67. The largest absolute Gasteiger partial charge is 0.457 e. The van der Waals surface area contributed by atoms with Crippen LogP contribution in [0, 0.1) is 13.8 Å². The maximum absolute atomic E-state index is 13.8. The molecule has 1 aliphatic heterocycles. The third kappa shape index (κ3) is 3.64. The number of aryl methyl sites for hydroxylation is 2. The summed E-state index contributed by atoms with van der Waals surface area (Å²) in [5.74, 6) is 1.38. The molecule has 3 aromatic carbocycles. The molecule has 6 heteroatoms. The second-order valence-corrected chi connectivity index (χ2v) is 8.88. The van der Waals surface area contributed by atoms with Gasteiger partial charge in [-0.1, -0.05) is 48.0 Å². The van der Waals surface area contributed by atoms with Crippen LogP contribution in [-0.4, -0.2) is 10.9 Å². The second kappa shape index (κ2) is 8.50. The van der Waals surface area contributed by atoms with Gasteiger partial charge in [0.15, 0.2) is 5.43 Å². The zero-order valence-corrected chi connectivity index (χ0v) is 19.8. The van der Waals surface area contributed by atoms with Crippen LogP contribution in [0.4, 0.5) is 5.82 Å². The Hall–Kier alpha value is -4.71. The van der Waals surface area contributed by atoms with Crippen molar-refractivity contribution in [3.05, 3.63) is 129 Å². The van der Waals surface area contributed by atoms with E-state index < -0.39 is 11.9 Å². The van der Waals surface area contributed by atoms with Gasteiger partial charge in [0.1, 0.15) is 22.9 Å². The molecule has 3 heterocycles. The summed E-state index contributed by atoms with van der Waals surface area (Å²) in [6.45, 7) is 3.78. The average molecular weight is 475 g/mol. The van der Waals surface area contributed by atoms with Gasteiger partial charge in [-0.3, -0.25) is 14.5 Å². The first-order valence-corrected chi connectivity index (χ1v) is 11.7. The number of amides is 1. The number of aromatic nitrogens is 1. The molecule has 176 valence electrons.